The van der Waals surface area contributed by atoms with Crippen LogP contribution in [-0.4, -0.2) is 49.1 Å². The molecule has 148 valence electrons. The molecule has 0 fully saturated rings. The maximum absolute atomic E-state index is 12.4. The van der Waals surface area contributed by atoms with Crippen molar-refractivity contribution < 1.29 is 18.0 Å². The molecule has 1 atom stereocenters. The van der Waals surface area contributed by atoms with Gasteiger partial charge in [0.1, 0.15) is 24.1 Å². The number of H-pyrrole nitrogens is 1. The van der Waals surface area contributed by atoms with E-state index >= 15 is 0 Å². The van der Waals surface area contributed by atoms with Crippen molar-refractivity contribution in [1.82, 2.24) is 30.2 Å². The first-order valence-electron chi connectivity index (χ1n) is 8.46. The second kappa shape index (κ2) is 7.41. The molecule has 3 heterocycles. The quantitative estimate of drug-likeness (QED) is 0.594. The molecule has 0 aliphatic rings. The Morgan fingerprint density at radius 1 is 1.25 bits per heavy atom. The first-order chi connectivity index (χ1) is 13.2. The topological polar surface area (TPSA) is 108 Å². The van der Waals surface area contributed by atoms with E-state index in [-0.39, 0.29) is 12.4 Å². The van der Waals surface area contributed by atoms with Gasteiger partial charge in [-0.05, 0) is 25.5 Å². The van der Waals surface area contributed by atoms with Gasteiger partial charge in [0.05, 0.1) is 0 Å². The van der Waals surface area contributed by atoms with Crippen LogP contribution in [0.3, 0.4) is 0 Å². The number of fused-ring (bicyclic) bond motifs is 1. The molecule has 3 N–H and O–H groups in total. The molecule has 0 aromatic carbocycles. The Hall–Kier alpha value is -3.24. The van der Waals surface area contributed by atoms with Gasteiger partial charge < -0.3 is 15.6 Å². The van der Waals surface area contributed by atoms with Crippen LogP contribution < -0.4 is 10.6 Å². The van der Waals surface area contributed by atoms with Crippen molar-refractivity contribution in [2.24, 2.45) is 0 Å². The Morgan fingerprint density at radius 3 is 2.75 bits per heavy atom. The normalized spacial score (nSPS) is 13.9. The summed E-state index contributed by atoms with van der Waals surface area (Å²) in [5.74, 6) is -0.383. The fourth-order valence-electron chi connectivity index (χ4n) is 2.56. The number of pyridine rings is 1. The molecule has 0 bridgehead atoms. The minimum absolute atomic E-state index is 0.0785. The summed E-state index contributed by atoms with van der Waals surface area (Å²) in [7, 11) is 0. The number of amides is 1. The van der Waals surface area contributed by atoms with Gasteiger partial charge in [0.2, 0.25) is 11.9 Å². The number of anilines is 1. The summed E-state index contributed by atoms with van der Waals surface area (Å²) in [5.41, 5.74) is 0.0247. The first-order valence-corrected chi connectivity index (χ1v) is 8.46. The highest BCUT2D eigenvalue weighted by Crippen LogP contribution is 2.25. The summed E-state index contributed by atoms with van der Waals surface area (Å²) < 4.78 is 37.2. The van der Waals surface area contributed by atoms with Crippen LogP contribution in [-0.2, 0) is 4.79 Å². The molecule has 28 heavy (non-hydrogen) atoms. The van der Waals surface area contributed by atoms with Crippen molar-refractivity contribution in [3.8, 4) is 11.4 Å². The summed E-state index contributed by atoms with van der Waals surface area (Å²) in [6, 6.07) is 3.63. The molecule has 3 aromatic rings. The van der Waals surface area contributed by atoms with Gasteiger partial charge in [-0.3, -0.25) is 4.79 Å². The zero-order valence-electron chi connectivity index (χ0n) is 15.1. The maximum Gasteiger partial charge on any atom is 0.405 e. The largest absolute Gasteiger partial charge is 0.405 e. The van der Waals surface area contributed by atoms with E-state index < -0.39 is 24.2 Å². The molecule has 3 rings (SSSR count). The van der Waals surface area contributed by atoms with Crippen LogP contribution in [0.2, 0.25) is 0 Å². The number of rotatable bonds is 6. The predicted molar refractivity (Wildman–Crippen MR) is 96.3 cm³/mol. The number of carbonyl (C=O) groups is 1. The van der Waals surface area contributed by atoms with E-state index in [9.17, 15) is 18.0 Å². The number of nitrogens with one attached hydrogen (secondary N) is 3. The van der Waals surface area contributed by atoms with E-state index in [1.54, 1.807) is 25.4 Å². The van der Waals surface area contributed by atoms with Crippen LogP contribution >= 0.6 is 0 Å². The predicted octanol–water partition coefficient (Wildman–Crippen LogP) is 2.67. The van der Waals surface area contributed by atoms with Gasteiger partial charge in [0, 0.05) is 23.3 Å². The monoisotopic (exact) mass is 393 g/mol. The van der Waals surface area contributed by atoms with E-state index in [0.717, 1.165) is 5.39 Å². The van der Waals surface area contributed by atoms with Gasteiger partial charge in [0.15, 0.2) is 5.82 Å². The molecule has 1 amide bonds. The minimum Gasteiger partial charge on any atom is -0.345 e. The standard InChI is InChI=1S/C17H18F3N7O/c1-3-16(2,14(28)23-8-17(18,19)20)27-15-25-9-24-13(26-15)11-7-22-12-10(11)5-4-6-21-12/h4-7,9H,3,8H2,1-2H3,(H,21,22)(H,23,28)(H,24,25,26,27)/t16-/m1/s1. The van der Waals surface area contributed by atoms with Gasteiger partial charge in [-0.2, -0.15) is 18.2 Å². The summed E-state index contributed by atoms with van der Waals surface area (Å²) in [4.78, 5) is 31.9. The van der Waals surface area contributed by atoms with Crippen molar-refractivity contribution in [2.75, 3.05) is 11.9 Å². The molecule has 0 unspecified atom stereocenters. The summed E-state index contributed by atoms with van der Waals surface area (Å²) in [6.45, 7) is 1.75. The highest BCUT2D eigenvalue weighted by molar-refractivity contribution is 5.91. The zero-order valence-corrected chi connectivity index (χ0v) is 15.1. The lowest BCUT2D eigenvalue weighted by Crippen LogP contribution is -2.52. The third-order valence-corrected chi connectivity index (χ3v) is 4.31. The smallest absolute Gasteiger partial charge is 0.345 e. The lowest BCUT2D eigenvalue weighted by molar-refractivity contribution is -0.140. The molecule has 0 spiro atoms. The SMILES string of the molecule is CC[C@@](C)(Nc1ncnc(-c2c[nH]c3ncccc23)n1)C(=O)NCC(F)(F)F. The van der Waals surface area contributed by atoms with E-state index in [1.807, 2.05) is 11.4 Å². The van der Waals surface area contributed by atoms with Crippen molar-refractivity contribution >= 4 is 22.9 Å². The fraction of sp³-hybridized carbons (Fsp3) is 0.353. The van der Waals surface area contributed by atoms with E-state index in [4.69, 9.17) is 0 Å². The number of aromatic amines is 1. The van der Waals surface area contributed by atoms with E-state index in [1.165, 1.54) is 13.3 Å². The Morgan fingerprint density at radius 2 is 2.04 bits per heavy atom. The number of carbonyl (C=O) groups excluding carboxylic acids is 1. The van der Waals surface area contributed by atoms with Gasteiger partial charge in [-0.15, -0.1) is 0 Å². The molecule has 11 heteroatoms. The number of nitrogens with zero attached hydrogens (tertiary/aromatic N) is 4. The zero-order chi connectivity index (χ0) is 20.4. The highest BCUT2D eigenvalue weighted by Gasteiger charge is 2.35. The number of halogens is 3. The molecule has 0 aliphatic heterocycles. The van der Waals surface area contributed by atoms with Crippen molar-refractivity contribution in [3.63, 3.8) is 0 Å². The Bertz CT molecular complexity index is 988. The van der Waals surface area contributed by atoms with Crippen LogP contribution in [0.4, 0.5) is 19.1 Å². The van der Waals surface area contributed by atoms with Crippen LogP contribution in [0.15, 0.2) is 30.9 Å². The van der Waals surface area contributed by atoms with Gasteiger partial charge in [-0.1, -0.05) is 6.92 Å². The van der Waals surface area contributed by atoms with Gasteiger partial charge >= 0.3 is 6.18 Å². The molecule has 3 aromatic heterocycles. The molecule has 8 nitrogen and oxygen atoms in total. The van der Waals surface area contributed by atoms with E-state index in [2.05, 4.69) is 30.2 Å². The third kappa shape index (κ3) is 4.18. The average Bonchev–Trinajstić information content (AvgIpc) is 3.09. The molecule has 0 radical (unpaired) electrons. The second-order valence-electron chi connectivity index (χ2n) is 6.34. The molecule has 0 saturated carbocycles. The Balaban J connectivity index is 1.84. The molecule has 0 aliphatic carbocycles. The lowest BCUT2D eigenvalue weighted by atomic mass is 9.98. The highest BCUT2D eigenvalue weighted by atomic mass is 19.4. The molecular weight excluding hydrogens is 375 g/mol. The second-order valence-corrected chi connectivity index (χ2v) is 6.34. The van der Waals surface area contributed by atoms with Gasteiger partial charge in [0.25, 0.3) is 0 Å². The van der Waals surface area contributed by atoms with Crippen LogP contribution in [0.5, 0.6) is 0 Å². The minimum atomic E-state index is -4.49. The van der Waals surface area contributed by atoms with Gasteiger partial charge in [-0.25, -0.2) is 15.0 Å². The Kier molecular flexibility index (Phi) is 5.16. The number of hydrogen-bond acceptors (Lipinski definition) is 6. The fourth-order valence-corrected chi connectivity index (χ4v) is 2.56. The maximum atomic E-state index is 12.4. The van der Waals surface area contributed by atoms with Crippen molar-refractivity contribution in [3.05, 3.63) is 30.9 Å². The lowest BCUT2D eigenvalue weighted by Gasteiger charge is -2.28. The first kappa shape index (κ1) is 19.5. The Labute approximate surface area is 158 Å². The number of alkyl halides is 3. The summed E-state index contributed by atoms with van der Waals surface area (Å²) in [6.07, 6.45) is 0.341. The summed E-state index contributed by atoms with van der Waals surface area (Å²) >= 11 is 0. The third-order valence-electron chi connectivity index (χ3n) is 4.31. The molecular formula is C17H18F3N7O. The van der Waals surface area contributed by atoms with Crippen LogP contribution in [0, 0.1) is 0 Å². The van der Waals surface area contributed by atoms with E-state index in [0.29, 0.717) is 17.0 Å². The summed E-state index contributed by atoms with van der Waals surface area (Å²) in [5, 5.41) is 5.52. The number of aromatic nitrogens is 5. The van der Waals surface area contributed by atoms with Crippen molar-refractivity contribution in [2.45, 2.75) is 32.0 Å². The molecule has 0 saturated heterocycles. The van der Waals surface area contributed by atoms with Crippen LogP contribution in [0.1, 0.15) is 20.3 Å². The average molecular weight is 393 g/mol. The number of hydrogen-bond donors (Lipinski definition) is 3. The van der Waals surface area contributed by atoms with Crippen molar-refractivity contribution in [1.29, 1.82) is 0 Å². The van der Waals surface area contributed by atoms with Crippen LogP contribution in [0.25, 0.3) is 22.4 Å².